The van der Waals surface area contributed by atoms with Crippen LogP contribution in [0, 0.1) is 12.8 Å². The van der Waals surface area contributed by atoms with Gasteiger partial charge in [0.15, 0.2) is 11.5 Å². The first-order chi connectivity index (χ1) is 19.6. The highest BCUT2D eigenvalue weighted by Crippen LogP contribution is 2.43. The van der Waals surface area contributed by atoms with Crippen LogP contribution < -0.4 is 14.4 Å². The highest BCUT2D eigenvalue weighted by atomic mass is 35.5. The maximum Gasteiger partial charge on any atom is 0.586 e. The van der Waals surface area contributed by atoms with E-state index >= 15 is 0 Å². The van der Waals surface area contributed by atoms with Crippen LogP contribution in [0.15, 0.2) is 42.5 Å². The molecule has 1 amide bonds. The van der Waals surface area contributed by atoms with Crippen molar-refractivity contribution in [2.75, 3.05) is 18.6 Å². The van der Waals surface area contributed by atoms with Crippen LogP contribution in [-0.2, 0) is 20.9 Å². The summed E-state index contributed by atoms with van der Waals surface area (Å²) in [5.74, 6) is -0.870. The van der Waals surface area contributed by atoms with Gasteiger partial charge >= 0.3 is 12.3 Å². The minimum Gasteiger partial charge on any atom is -0.466 e. The number of hydrogen-bond donors (Lipinski definition) is 0. The number of aromatic nitrogens is 2. The monoisotopic (exact) mass is 589 g/mol. The summed E-state index contributed by atoms with van der Waals surface area (Å²) in [4.78, 5) is 26.7. The Labute approximate surface area is 240 Å². The average Bonchev–Trinajstić information content (AvgIpc) is 3.44. The number of rotatable bonds is 8. The molecule has 218 valence electrons. The maximum atomic E-state index is 13.4. The van der Waals surface area contributed by atoms with E-state index in [1.165, 1.54) is 30.1 Å². The number of esters is 1. The molecule has 41 heavy (non-hydrogen) atoms. The second kappa shape index (κ2) is 11.7. The maximum absolute atomic E-state index is 13.4. The van der Waals surface area contributed by atoms with Crippen LogP contribution in [0.2, 0.25) is 5.02 Å². The van der Waals surface area contributed by atoms with Crippen molar-refractivity contribution in [3.8, 4) is 17.2 Å². The van der Waals surface area contributed by atoms with Crippen LogP contribution in [-0.4, -0.2) is 47.7 Å². The molecule has 0 N–H and O–H groups in total. The molecule has 2 aliphatic rings. The molecule has 0 spiro atoms. The number of fused-ring (bicyclic) bond motifs is 1. The Morgan fingerprint density at radius 2 is 1.85 bits per heavy atom. The molecule has 1 saturated carbocycles. The van der Waals surface area contributed by atoms with Crippen LogP contribution in [0.5, 0.6) is 11.5 Å². The third-order valence-corrected chi connectivity index (χ3v) is 7.73. The summed E-state index contributed by atoms with van der Waals surface area (Å²) >= 11 is 6.61. The van der Waals surface area contributed by atoms with E-state index in [-0.39, 0.29) is 42.0 Å². The number of ether oxygens (including phenoxy) is 4. The van der Waals surface area contributed by atoms with E-state index in [0.29, 0.717) is 52.8 Å². The van der Waals surface area contributed by atoms with Gasteiger partial charge in [0.2, 0.25) is 0 Å². The van der Waals surface area contributed by atoms with Gasteiger partial charge in [-0.15, -0.1) is 8.78 Å². The van der Waals surface area contributed by atoms with Gasteiger partial charge in [0.25, 0.3) is 5.91 Å². The van der Waals surface area contributed by atoms with Crippen molar-refractivity contribution in [2.24, 2.45) is 5.92 Å². The zero-order valence-corrected chi connectivity index (χ0v) is 23.6. The predicted octanol–water partition coefficient (Wildman–Crippen LogP) is 6.07. The van der Waals surface area contributed by atoms with Crippen LogP contribution in [0.1, 0.15) is 54.4 Å². The van der Waals surface area contributed by atoms with Gasteiger partial charge in [-0.3, -0.25) is 9.59 Å². The zero-order chi connectivity index (χ0) is 29.3. The molecule has 0 radical (unpaired) electrons. The van der Waals surface area contributed by atoms with Crippen molar-refractivity contribution in [3.63, 3.8) is 0 Å². The first kappa shape index (κ1) is 28.8. The molecule has 9 nitrogen and oxygen atoms in total. The number of nitrogens with zero attached hydrogens (tertiary/aromatic N) is 3. The quantitative estimate of drug-likeness (QED) is 0.294. The summed E-state index contributed by atoms with van der Waals surface area (Å²) in [6, 6.07) is 11.0. The van der Waals surface area contributed by atoms with E-state index in [9.17, 15) is 18.4 Å². The molecule has 3 aromatic rings. The third-order valence-electron chi connectivity index (χ3n) is 7.24. The number of anilines is 1. The van der Waals surface area contributed by atoms with E-state index in [1.807, 2.05) is 0 Å². The highest BCUT2D eigenvalue weighted by Gasteiger charge is 2.43. The minimum absolute atomic E-state index is 0.0244. The lowest BCUT2D eigenvalue weighted by atomic mass is 9.87. The van der Waals surface area contributed by atoms with E-state index in [1.54, 1.807) is 42.8 Å². The molecular weight excluding hydrogens is 560 g/mol. The van der Waals surface area contributed by atoms with Crippen molar-refractivity contribution in [2.45, 2.75) is 58.5 Å². The Hall–Kier alpha value is -3.70. The van der Waals surface area contributed by atoms with Gasteiger partial charge in [-0.05, 0) is 69.9 Å². The SMILES string of the molecule is CCOC(=O)[C@H]1CC[C@H](OCc2c(Cl)c(C)nn2-c2cccc(C(=O)N(C)c3ccc4c(c3)OC(F)(F)O4)c2)CC1. The van der Waals surface area contributed by atoms with Gasteiger partial charge in [0.05, 0.1) is 47.3 Å². The Balaban J connectivity index is 1.29. The molecule has 12 heteroatoms. The number of halogens is 3. The molecule has 1 aliphatic carbocycles. The number of alkyl halides is 2. The van der Waals surface area contributed by atoms with E-state index < -0.39 is 6.29 Å². The molecule has 0 atom stereocenters. The first-order valence-electron chi connectivity index (χ1n) is 13.4. The number of aryl methyl sites for hydroxylation is 1. The fourth-order valence-corrected chi connectivity index (χ4v) is 5.22. The summed E-state index contributed by atoms with van der Waals surface area (Å²) in [6.45, 7) is 4.17. The van der Waals surface area contributed by atoms with Crippen LogP contribution >= 0.6 is 11.6 Å². The van der Waals surface area contributed by atoms with Gasteiger partial charge in [-0.2, -0.15) is 5.10 Å². The number of hydrogen-bond acceptors (Lipinski definition) is 7. The molecule has 5 rings (SSSR count). The zero-order valence-electron chi connectivity index (χ0n) is 22.9. The van der Waals surface area contributed by atoms with Crippen molar-refractivity contribution >= 4 is 29.2 Å². The van der Waals surface area contributed by atoms with Gasteiger partial charge < -0.3 is 23.8 Å². The van der Waals surface area contributed by atoms with E-state index in [4.69, 9.17) is 21.1 Å². The second-order valence-electron chi connectivity index (χ2n) is 10.0. The Morgan fingerprint density at radius 1 is 1.12 bits per heavy atom. The third kappa shape index (κ3) is 6.15. The van der Waals surface area contributed by atoms with Crippen molar-refractivity contribution in [3.05, 3.63) is 64.4 Å². The lowest BCUT2D eigenvalue weighted by Crippen LogP contribution is -2.27. The Morgan fingerprint density at radius 3 is 2.59 bits per heavy atom. The Kier molecular flexibility index (Phi) is 8.19. The number of carbonyl (C=O) groups excluding carboxylic acids is 2. The highest BCUT2D eigenvalue weighted by molar-refractivity contribution is 6.31. The minimum atomic E-state index is -3.75. The standard InChI is InChI=1S/C29H30ClF2N3O6/c1-4-38-28(37)18-8-11-22(12-9-18)39-16-23-26(30)17(2)33-35(23)21-7-5-6-19(14-21)27(36)34(3)20-10-13-24-25(15-20)41-29(31,32)40-24/h5-7,10,13-15,18,22H,4,8-9,11-12,16H2,1-3H3/t18-,22-. The summed E-state index contributed by atoms with van der Waals surface area (Å²) in [5, 5.41) is 5.04. The smallest absolute Gasteiger partial charge is 0.466 e. The molecule has 0 bridgehead atoms. The molecule has 1 fully saturated rings. The molecule has 0 unspecified atom stereocenters. The molecule has 1 aromatic heterocycles. The molecule has 2 heterocycles. The van der Waals surface area contributed by atoms with Crippen LogP contribution in [0.25, 0.3) is 5.69 Å². The normalized spacial score (nSPS) is 19.2. The van der Waals surface area contributed by atoms with Gasteiger partial charge in [0.1, 0.15) is 0 Å². The summed E-state index contributed by atoms with van der Waals surface area (Å²) in [5.41, 5.74) is 2.56. The molecule has 1 aliphatic heterocycles. The van der Waals surface area contributed by atoms with Crippen LogP contribution in [0.4, 0.5) is 14.5 Å². The number of carbonyl (C=O) groups is 2. The molecular formula is C29H30ClF2N3O6. The lowest BCUT2D eigenvalue weighted by molar-refractivity contribution is -0.286. The average molecular weight is 590 g/mol. The lowest BCUT2D eigenvalue weighted by Gasteiger charge is -2.27. The van der Waals surface area contributed by atoms with E-state index in [0.717, 1.165) is 12.8 Å². The predicted molar refractivity (Wildman–Crippen MR) is 146 cm³/mol. The van der Waals surface area contributed by atoms with Gasteiger partial charge in [0, 0.05) is 24.4 Å². The van der Waals surface area contributed by atoms with Crippen molar-refractivity contribution in [1.82, 2.24) is 9.78 Å². The first-order valence-corrected chi connectivity index (χ1v) is 13.7. The van der Waals surface area contributed by atoms with Gasteiger partial charge in [-0.1, -0.05) is 17.7 Å². The fraction of sp³-hybridized carbons (Fsp3) is 0.414. The van der Waals surface area contributed by atoms with Crippen molar-refractivity contribution < 1.29 is 37.3 Å². The number of benzene rings is 2. The second-order valence-corrected chi connectivity index (χ2v) is 10.4. The molecule has 0 saturated heterocycles. The number of amides is 1. The summed E-state index contributed by atoms with van der Waals surface area (Å²) < 4.78 is 48.8. The largest absolute Gasteiger partial charge is 0.586 e. The van der Waals surface area contributed by atoms with E-state index in [2.05, 4.69) is 14.6 Å². The van der Waals surface area contributed by atoms with Crippen LogP contribution in [0.3, 0.4) is 0 Å². The molecule has 2 aromatic carbocycles. The fourth-order valence-electron chi connectivity index (χ4n) is 5.04. The summed E-state index contributed by atoms with van der Waals surface area (Å²) in [7, 11) is 1.54. The summed E-state index contributed by atoms with van der Waals surface area (Å²) in [6.07, 6.45) is -0.879. The van der Waals surface area contributed by atoms with Crippen molar-refractivity contribution in [1.29, 1.82) is 0 Å². The Bertz CT molecular complexity index is 1450. The van der Waals surface area contributed by atoms with Gasteiger partial charge in [-0.25, -0.2) is 4.68 Å². The topological polar surface area (TPSA) is 92.1 Å².